The van der Waals surface area contributed by atoms with Crippen molar-refractivity contribution in [1.29, 1.82) is 0 Å². The molecular formula is C23H25N5O2S. The third-order valence-electron chi connectivity index (χ3n) is 4.97. The quantitative estimate of drug-likeness (QED) is 0.414. The minimum absolute atomic E-state index is 0.0136. The van der Waals surface area contributed by atoms with E-state index in [1.807, 2.05) is 55.5 Å². The van der Waals surface area contributed by atoms with Crippen LogP contribution in [0.25, 0.3) is 10.9 Å². The molecule has 1 fully saturated rings. The summed E-state index contributed by atoms with van der Waals surface area (Å²) in [5, 5.41) is 7.79. The van der Waals surface area contributed by atoms with E-state index in [0.717, 1.165) is 35.1 Å². The minimum atomic E-state index is -0.234. The zero-order chi connectivity index (χ0) is 21.8. The second kappa shape index (κ2) is 9.34. The van der Waals surface area contributed by atoms with Crippen LogP contribution in [0.15, 0.2) is 53.7 Å². The molecule has 0 bridgehead atoms. The van der Waals surface area contributed by atoms with E-state index in [9.17, 15) is 9.59 Å². The topological polar surface area (TPSA) is 87.2 Å². The molecule has 0 unspecified atom stereocenters. The molecule has 0 spiro atoms. The molecule has 3 aromatic rings. The number of anilines is 2. The molecule has 8 heteroatoms. The average Bonchev–Trinajstić information content (AvgIpc) is 3.57. The molecule has 2 aromatic carbocycles. The molecule has 2 N–H and O–H groups in total. The van der Waals surface area contributed by atoms with Gasteiger partial charge in [-0.2, -0.15) is 0 Å². The Hall–Kier alpha value is -3.13. The van der Waals surface area contributed by atoms with E-state index in [2.05, 4.69) is 20.6 Å². The maximum Gasteiger partial charge on any atom is 0.243 e. The van der Waals surface area contributed by atoms with E-state index in [-0.39, 0.29) is 24.1 Å². The lowest BCUT2D eigenvalue weighted by Gasteiger charge is -2.17. The van der Waals surface area contributed by atoms with E-state index >= 15 is 0 Å². The molecule has 160 valence electrons. The van der Waals surface area contributed by atoms with Crippen molar-refractivity contribution < 1.29 is 9.59 Å². The predicted octanol–water partition coefficient (Wildman–Crippen LogP) is 3.70. The number of aryl methyl sites for hydroxylation is 1. The Bertz CT molecular complexity index is 1100. The maximum absolute atomic E-state index is 12.5. The molecular weight excluding hydrogens is 410 g/mol. The highest BCUT2D eigenvalue weighted by molar-refractivity contribution is 7.99. The molecule has 1 heterocycles. The number of carbonyl (C=O) groups excluding carboxylic acids is 2. The van der Waals surface area contributed by atoms with Gasteiger partial charge < -0.3 is 15.5 Å². The van der Waals surface area contributed by atoms with Crippen molar-refractivity contribution in [2.24, 2.45) is 0 Å². The van der Waals surface area contributed by atoms with Crippen LogP contribution in [0.2, 0.25) is 0 Å². The number of rotatable bonds is 8. The summed E-state index contributed by atoms with van der Waals surface area (Å²) in [5.74, 6) is 0.587. The number of nitrogens with zero attached hydrogens (tertiary/aromatic N) is 3. The molecule has 0 atom stereocenters. The lowest BCUT2D eigenvalue weighted by Crippen LogP contribution is -2.36. The van der Waals surface area contributed by atoms with Crippen molar-refractivity contribution in [3.05, 3.63) is 54.1 Å². The highest BCUT2D eigenvalue weighted by Crippen LogP contribution is 2.29. The number of fused-ring (bicyclic) bond motifs is 1. The van der Waals surface area contributed by atoms with E-state index in [1.54, 1.807) is 7.05 Å². The first-order valence-electron chi connectivity index (χ1n) is 10.2. The SMILES string of the molecule is Cc1ccc(NC(=O)CN(C)C(=O)CSc2nc(NC3CC3)c3ccccc3n2)cc1. The molecule has 0 aliphatic heterocycles. The van der Waals surface area contributed by atoms with Gasteiger partial charge >= 0.3 is 0 Å². The number of aromatic nitrogens is 2. The normalized spacial score (nSPS) is 13.1. The Kier molecular flexibility index (Phi) is 6.36. The molecule has 1 saturated carbocycles. The second-order valence-corrected chi connectivity index (χ2v) is 8.69. The van der Waals surface area contributed by atoms with E-state index in [4.69, 9.17) is 0 Å². The molecule has 7 nitrogen and oxygen atoms in total. The number of likely N-dealkylation sites (N-methyl/N-ethyl adjacent to an activating group) is 1. The van der Waals surface area contributed by atoms with Gasteiger partial charge in [0.1, 0.15) is 5.82 Å². The van der Waals surface area contributed by atoms with Crippen LogP contribution in [0.5, 0.6) is 0 Å². The number of benzene rings is 2. The van der Waals surface area contributed by atoms with Crippen LogP contribution in [-0.4, -0.2) is 52.1 Å². The number of hydrogen-bond acceptors (Lipinski definition) is 6. The first kappa shape index (κ1) is 21.1. The largest absolute Gasteiger partial charge is 0.367 e. The van der Waals surface area contributed by atoms with Gasteiger partial charge in [-0.05, 0) is 44.0 Å². The highest BCUT2D eigenvalue weighted by atomic mass is 32.2. The van der Waals surface area contributed by atoms with Gasteiger partial charge in [0.25, 0.3) is 0 Å². The lowest BCUT2D eigenvalue weighted by molar-refractivity contribution is -0.131. The van der Waals surface area contributed by atoms with E-state index in [1.165, 1.54) is 16.7 Å². The summed E-state index contributed by atoms with van der Waals surface area (Å²) < 4.78 is 0. The first-order valence-corrected chi connectivity index (χ1v) is 11.2. The van der Waals surface area contributed by atoms with Crippen LogP contribution in [0, 0.1) is 6.92 Å². The van der Waals surface area contributed by atoms with Crippen molar-refractivity contribution in [3.8, 4) is 0 Å². The molecule has 0 radical (unpaired) electrons. The maximum atomic E-state index is 12.5. The van der Waals surface area contributed by atoms with Gasteiger partial charge in [0.15, 0.2) is 5.16 Å². The highest BCUT2D eigenvalue weighted by Gasteiger charge is 2.23. The summed E-state index contributed by atoms with van der Waals surface area (Å²) in [6.07, 6.45) is 2.30. The zero-order valence-electron chi connectivity index (χ0n) is 17.6. The van der Waals surface area contributed by atoms with Gasteiger partial charge in [0, 0.05) is 24.2 Å². The number of nitrogens with one attached hydrogen (secondary N) is 2. The van der Waals surface area contributed by atoms with Gasteiger partial charge in [-0.15, -0.1) is 0 Å². The number of carbonyl (C=O) groups is 2. The first-order chi connectivity index (χ1) is 15.0. The lowest BCUT2D eigenvalue weighted by atomic mass is 10.2. The molecule has 1 aliphatic rings. The second-order valence-electron chi connectivity index (χ2n) is 7.74. The molecule has 0 saturated heterocycles. The summed E-state index contributed by atoms with van der Waals surface area (Å²) in [6.45, 7) is 1.97. The Balaban J connectivity index is 1.34. The summed E-state index contributed by atoms with van der Waals surface area (Å²) in [5.41, 5.74) is 2.68. The van der Waals surface area contributed by atoms with Gasteiger partial charge in [-0.1, -0.05) is 41.6 Å². The van der Waals surface area contributed by atoms with Gasteiger partial charge in [-0.3, -0.25) is 9.59 Å². The Labute approximate surface area is 185 Å². The van der Waals surface area contributed by atoms with Crippen molar-refractivity contribution >= 4 is 46.0 Å². The average molecular weight is 436 g/mol. The van der Waals surface area contributed by atoms with Crippen LogP contribution >= 0.6 is 11.8 Å². The molecule has 1 aliphatic carbocycles. The number of amides is 2. The zero-order valence-corrected chi connectivity index (χ0v) is 18.4. The molecule has 1 aromatic heterocycles. The fraction of sp³-hybridized carbons (Fsp3) is 0.304. The fourth-order valence-corrected chi connectivity index (χ4v) is 3.82. The standard InChI is InChI=1S/C23H25N5O2S/c1-15-7-9-16(10-8-15)24-20(29)13-28(2)21(30)14-31-23-26-19-6-4-3-5-18(19)22(27-23)25-17-11-12-17/h3-10,17H,11-14H2,1-2H3,(H,24,29)(H,25,26,27). The van der Waals surface area contributed by atoms with Crippen LogP contribution < -0.4 is 10.6 Å². The molecule has 31 heavy (non-hydrogen) atoms. The van der Waals surface area contributed by atoms with Gasteiger partial charge in [-0.25, -0.2) is 9.97 Å². The monoisotopic (exact) mass is 435 g/mol. The Morgan fingerprint density at radius 2 is 1.84 bits per heavy atom. The summed E-state index contributed by atoms with van der Waals surface area (Å²) in [4.78, 5) is 35.4. The predicted molar refractivity (Wildman–Crippen MR) is 124 cm³/mol. The van der Waals surface area contributed by atoms with Gasteiger partial charge in [0.2, 0.25) is 11.8 Å². The smallest absolute Gasteiger partial charge is 0.243 e. The third kappa shape index (κ3) is 5.73. The Morgan fingerprint density at radius 1 is 1.10 bits per heavy atom. The number of thioether (sulfide) groups is 1. The van der Waals surface area contributed by atoms with Crippen molar-refractivity contribution in [2.75, 3.05) is 30.0 Å². The van der Waals surface area contributed by atoms with E-state index in [0.29, 0.717) is 16.9 Å². The Morgan fingerprint density at radius 3 is 2.58 bits per heavy atom. The van der Waals surface area contributed by atoms with Crippen molar-refractivity contribution in [1.82, 2.24) is 14.9 Å². The summed E-state index contributed by atoms with van der Waals surface area (Å²) in [7, 11) is 1.62. The minimum Gasteiger partial charge on any atom is -0.367 e. The number of hydrogen-bond donors (Lipinski definition) is 2. The fourth-order valence-electron chi connectivity index (χ4n) is 3.03. The van der Waals surface area contributed by atoms with Crippen LogP contribution in [0.4, 0.5) is 11.5 Å². The molecule has 2 amide bonds. The van der Waals surface area contributed by atoms with E-state index < -0.39 is 0 Å². The van der Waals surface area contributed by atoms with Gasteiger partial charge in [0.05, 0.1) is 17.8 Å². The summed E-state index contributed by atoms with van der Waals surface area (Å²) in [6, 6.07) is 15.9. The van der Waals surface area contributed by atoms with Crippen LogP contribution in [-0.2, 0) is 9.59 Å². The number of para-hydroxylation sites is 1. The summed E-state index contributed by atoms with van der Waals surface area (Å²) >= 11 is 1.28. The van der Waals surface area contributed by atoms with Crippen LogP contribution in [0.1, 0.15) is 18.4 Å². The van der Waals surface area contributed by atoms with Crippen molar-refractivity contribution in [3.63, 3.8) is 0 Å². The van der Waals surface area contributed by atoms with Crippen LogP contribution in [0.3, 0.4) is 0 Å². The molecule has 4 rings (SSSR count). The third-order valence-corrected chi connectivity index (χ3v) is 5.80. The van der Waals surface area contributed by atoms with Crippen molar-refractivity contribution in [2.45, 2.75) is 31.0 Å².